The van der Waals surface area contributed by atoms with Crippen LogP contribution in [0.4, 0.5) is 0 Å². The maximum absolute atomic E-state index is 5.77. The van der Waals surface area contributed by atoms with E-state index in [1.165, 1.54) is 25.7 Å². The van der Waals surface area contributed by atoms with E-state index < -0.39 is 0 Å². The van der Waals surface area contributed by atoms with Gasteiger partial charge in [0.05, 0.1) is 6.61 Å². The Labute approximate surface area is 121 Å². The quantitative estimate of drug-likeness (QED) is 0.560. The first-order valence-electron chi connectivity index (χ1n) is 8.04. The van der Waals surface area contributed by atoms with Crippen LogP contribution in [-0.4, -0.2) is 6.61 Å². The summed E-state index contributed by atoms with van der Waals surface area (Å²) >= 11 is 0. The zero-order valence-corrected chi connectivity index (χ0v) is 13.9. The largest absolute Gasteiger partial charge is 0.493 e. The molecule has 1 aromatic rings. The van der Waals surface area contributed by atoms with Gasteiger partial charge < -0.3 is 4.74 Å². The molecule has 0 aliphatic heterocycles. The monoisotopic (exact) mass is 266 g/mol. The lowest BCUT2D eigenvalue weighted by Crippen LogP contribution is -2.11. The Bertz CT molecular complexity index is 237. The van der Waals surface area contributed by atoms with Crippen molar-refractivity contribution in [2.45, 2.75) is 67.2 Å². The van der Waals surface area contributed by atoms with Gasteiger partial charge in [-0.15, -0.1) is 0 Å². The van der Waals surface area contributed by atoms with E-state index in [1.807, 2.05) is 58.0 Å². The molecule has 0 heterocycles. The van der Waals surface area contributed by atoms with E-state index in [1.54, 1.807) is 0 Å². The summed E-state index contributed by atoms with van der Waals surface area (Å²) in [6, 6.07) is 10.1. The number of hydrogen-bond donors (Lipinski definition) is 0. The summed E-state index contributed by atoms with van der Waals surface area (Å²) in [4.78, 5) is 0. The van der Waals surface area contributed by atoms with Crippen molar-refractivity contribution in [2.24, 2.45) is 5.92 Å². The molecular formula is C18H34O. The topological polar surface area (TPSA) is 9.23 Å². The van der Waals surface area contributed by atoms with Crippen molar-refractivity contribution in [3.05, 3.63) is 30.3 Å². The maximum Gasteiger partial charge on any atom is 0.119 e. The first kappa shape index (κ1) is 20.3. The fraction of sp³-hybridized carbons (Fsp3) is 0.667. The zero-order valence-electron chi connectivity index (χ0n) is 13.9. The highest BCUT2D eigenvalue weighted by molar-refractivity contribution is 5.20. The molecule has 0 fully saturated rings. The Morgan fingerprint density at radius 1 is 0.842 bits per heavy atom. The number of ether oxygens (including phenoxy) is 1. The Kier molecular flexibility index (Phi) is 18.2. The molecular weight excluding hydrogens is 232 g/mol. The summed E-state index contributed by atoms with van der Waals surface area (Å²) in [6.07, 6.45) is 5.06. The van der Waals surface area contributed by atoms with Gasteiger partial charge in [0.1, 0.15) is 5.75 Å². The van der Waals surface area contributed by atoms with E-state index in [-0.39, 0.29) is 0 Å². The molecule has 0 aliphatic rings. The van der Waals surface area contributed by atoms with Gasteiger partial charge in [0.25, 0.3) is 0 Å². The predicted octanol–water partition coefficient (Wildman–Crippen LogP) is 6.33. The SMILES string of the molecule is CC.CC.CCCC(CCC)COc1ccccc1. The van der Waals surface area contributed by atoms with Gasteiger partial charge in [-0.2, -0.15) is 0 Å². The second kappa shape index (κ2) is 17.0. The van der Waals surface area contributed by atoms with Crippen molar-refractivity contribution in [2.75, 3.05) is 6.61 Å². The molecule has 0 atom stereocenters. The summed E-state index contributed by atoms with van der Waals surface area (Å²) in [5, 5.41) is 0. The molecule has 1 rings (SSSR count). The molecule has 19 heavy (non-hydrogen) atoms. The molecule has 0 aliphatic carbocycles. The van der Waals surface area contributed by atoms with Crippen LogP contribution in [0, 0.1) is 5.92 Å². The molecule has 112 valence electrons. The van der Waals surface area contributed by atoms with Crippen molar-refractivity contribution in [3.63, 3.8) is 0 Å². The maximum atomic E-state index is 5.77. The lowest BCUT2D eigenvalue weighted by molar-refractivity contribution is 0.229. The van der Waals surface area contributed by atoms with E-state index in [4.69, 9.17) is 4.74 Å². The molecule has 0 aromatic heterocycles. The molecule has 0 bridgehead atoms. The van der Waals surface area contributed by atoms with Crippen molar-refractivity contribution >= 4 is 0 Å². The molecule has 1 aromatic carbocycles. The normalized spacial score (nSPS) is 9.00. The third-order valence-electron chi connectivity index (χ3n) is 2.62. The van der Waals surface area contributed by atoms with Crippen LogP contribution in [0.2, 0.25) is 0 Å². The van der Waals surface area contributed by atoms with Crippen LogP contribution in [0.1, 0.15) is 67.2 Å². The predicted molar refractivity (Wildman–Crippen MR) is 87.9 cm³/mol. The Balaban J connectivity index is 0. The molecule has 0 saturated carbocycles. The van der Waals surface area contributed by atoms with Crippen LogP contribution in [0.3, 0.4) is 0 Å². The molecule has 0 radical (unpaired) electrons. The second-order valence-corrected chi connectivity index (χ2v) is 4.07. The fourth-order valence-electron chi connectivity index (χ4n) is 1.86. The van der Waals surface area contributed by atoms with E-state index >= 15 is 0 Å². The molecule has 0 unspecified atom stereocenters. The Morgan fingerprint density at radius 2 is 1.32 bits per heavy atom. The highest BCUT2D eigenvalue weighted by atomic mass is 16.5. The zero-order chi connectivity index (χ0) is 14.9. The molecule has 0 saturated heterocycles. The number of benzene rings is 1. The summed E-state index contributed by atoms with van der Waals surface area (Å²) in [5.74, 6) is 1.72. The first-order valence-corrected chi connectivity index (χ1v) is 8.04. The third kappa shape index (κ3) is 11.8. The van der Waals surface area contributed by atoms with Crippen molar-refractivity contribution in [1.29, 1.82) is 0 Å². The minimum atomic E-state index is 0.722. The highest BCUT2D eigenvalue weighted by Crippen LogP contribution is 2.16. The standard InChI is InChI=1S/C14H22O.2C2H6/c1-3-8-13(9-4-2)12-15-14-10-6-5-7-11-14;2*1-2/h5-7,10-11,13H,3-4,8-9,12H2,1-2H3;2*1-2H3. The minimum absolute atomic E-state index is 0.722. The van der Waals surface area contributed by atoms with Gasteiger partial charge >= 0.3 is 0 Å². The second-order valence-electron chi connectivity index (χ2n) is 4.07. The highest BCUT2D eigenvalue weighted by Gasteiger charge is 2.07. The average molecular weight is 266 g/mol. The van der Waals surface area contributed by atoms with Gasteiger partial charge in [0.2, 0.25) is 0 Å². The minimum Gasteiger partial charge on any atom is -0.493 e. The van der Waals surface area contributed by atoms with Crippen LogP contribution >= 0.6 is 0 Å². The summed E-state index contributed by atoms with van der Waals surface area (Å²) in [5.41, 5.74) is 0. The van der Waals surface area contributed by atoms with E-state index in [9.17, 15) is 0 Å². The Hall–Kier alpha value is -0.980. The number of para-hydroxylation sites is 1. The number of rotatable bonds is 7. The van der Waals surface area contributed by atoms with Gasteiger partial charge in [-0.3, -0.25) is 0 Å². The van der Waals surface area contributed by atoms with Crippen LogP contribution in [-0.2, 0) is 0 Å². The van der Waals surface area contributed by atoms with Gasteiger partial charge in [0, 0.05) is 0 Å². The van der Waals surface area contributed by atoms with Gasteiger partial charge in [-0.1, -0.05) is 72.6 Å². The lowest BCUT2D eigenvalue weighted by atomic mass is 9.99. The van der Waals surface area contributed by atoms with Crippen LogP contribution < -0.4 is 4.74 Å². The van der Waals surface area contributed by atoms with Crippen LogP contribution in [0.25, 0.3) is 0 Å². The van der Waals surface area contributed by atoms with Crippen LogP contribution in [0.15, 0.2) is 30.3 Å². The molecule has 0 spiro atoms. The molecule has 1 nitrogen and oxygen atoms in total. The number of hydrogen-bond acceptors (Lipinski definition) is 1. The molecule has 0 N–H and O–H groups in total. The summed E-state index contributed by atoms with van der Waals surface area (Å²) in [6.45, 7) is 13.3. The van der Waals surface area contributed by atoms with Crippen molar-refractivity contribution in [1.82, 2.24) is 0 Å². The van der Waals surface area contributed by atoms with Gasteiger partial charge in [-0.05, 0) is 30.9 Å². The summed E-state index contributed by atoms with van der Waals surface area (Å²) < 4.78 is 5.77. The van der Waals surface area contributed by atoms with Gasteiger partial charge in [-0.25, -0.2) is 0 Å². The lowest BCUT2D eigenvalue weighted by Gasteiger charge is -2.16. The van der Waals surface area contributed by atoms with E-state index in [2.05, 4.69) is 13.8 Å². The van der Waals surface area contributed by atoms with Crippen LogP contribution in [0.5, 0.6) is 5.75 Å². The van der Waals surface area contributed by atoms with E-state index in [0.717, 1.165) is 18.3 Å². The van der Waals surface area contributed by atoms with Crippen molar-refractivity contribution < 1.29 is 4.74 Å². The smallest absolute Gasteiger partial charge is 0.119 e. The Morgan fingerprint density at radius 3 is 1.74 bits per heavy atom. The fourth-order valence-corrected chi connectivity index (χ4v) is 1.86. The molecule has 0 amide bonds. The average Bonchev–Trinajstić information content (AvgIpc) is 2.50. The summed E-state index contributed by atoms with van der Waals surface area (Å²) in [7, 11) is 0. The van der Waals surface area contributed by atoms with Gasteiger partial charge in [0.15, 0.2) is 0 Å². The van der Waals surface area contributed by atoms with Crippen molar-refractivity contribution in [3.8, 4) is 5.75 Å². The third-order valence-corrected chi connectivity index (χ3v) is 2.62. The molecule has 1 heteroatoms. The first-order chi connectivity index (χ1) is 9.36. The van der Waals surface area contributed by atoms with E-state index in [0.29, 0.717) is 0 Å².